The Balaban J connectivity index is 1.38. The monoisotopic (exact) mass is 369 g/mol. The molecule has 0 spiro atoms. The topological polar surface area (TPSA) is 103 Å². The zero-order valence-corrected chi connectivity index (χ0v) is 15.3. The lowest BCUT2D eigenvalue weighted by Crippen LogP contribution is -2.25. The van der Waals surface area contributed by atoms with Crippen LogP contribution in [0.15, 0.2) is 18.5 Å². The van der Waals surface area contributed by atoms with Crippen molar-refractivity contribution in [3.63, 3.8) is 0 Å². The van der Waals surface area contributed by atoms with Crippen molar-refractivity contribution in [3.8, 4) is 0 Å². The van der Waals surface area contributed by atoms with Crippen molar-refractivity contribution in [1.29, 1.82) is 0 Å². The highest BCUT2D eigenvalue weighted by Gasteiger charge is 2.25. The van der Waals surface area contributed by atoms with E-state index >= 15 is 0 Å². The molecule has 5 rings (SSSR count). The van der Waals surface area contributed by atoms with Crippen LogP contribution in [0.2, 0.25) is 0 Å². The molecule has 0 amide bonds. The minimum absolute atomic E-state index is 0.256. The van der Waals surface area contributed by atoms with E-state index in [0.717, 1.165) is 61.9 Å². The fourth-order valence-electron chi connectivity index (χ4n) is 3.73. The molecule has 3 aromatic heterocycles. The molecule has 9 nitrogen and oxygen atoms in total. The van der Waals surface area contributed by atoms with Crippen molar-refractivity contribution >= 4 is 22.8 Å². The van der Waals surface area contributed by atoms with Gasteiger partial charge in [0.25, 0.3) is 0 Å². The molecule has 0 bridgehead atoms. The van der Waals surface area contributed by atoms with Gasteiger partial charge in [-0.25, -0.2) is 14.6 Å². The number of ether oxygens (including phenoxy) is 2. The quantitative estimate of drug-likeness (QED) is 0.712. The van der Waals surface area contributed by atoms with E-state index in [9.17, 15) is 0 Å². The number of aromatic amines is 1. The summed E-state index contributed by atoms with van der Waals surface area (Å²) in [6, 6.07) is 2.26. The highest BCUT2D eigenvalue weighted by atomic mass is 16.5. The van der Waals surface area contributed by atoms with E-state index in [2.05, 4.69) is 32.5 Å². The Labute approximate surface area is 156 Å². The third-order valence-corrected chi connectivity index (χ3v) is 5.57. The Morgan fingerprint density at radius 3 is 2.81 bits per heavy atom. The van der Waals surface area contributed by atoms with Crippen LogP contribution in [0.25, 0.3) is 11.2 Å². The maximum absolute atomic E-state index is 5.49. The highest BCUT2D eigenvalue weighted by Crippen LogP contribution is 2.29. The van der Waals surface area contributed by atoms with Crippen molar-refractivity contribution in [2.24, 2.45) is 5.92 Å². The van der Waals surface area contributed by atoms with Crippen LogP contribution in [0.5, 0.6) is 0 Å². The zero-order valence-electron chi connectivity index (χ0n) is 15.3. The summed E-state index contributed by atoms with van der Waals surface area (Å²) in [5.74, 6) is 2.34. The predicted molar refractivity (Wildman–Crippen MR) is 99.0 cm³/mol. The van der Waals surface area contributed by atoms with E-state index in [4.69, 9.17) is 14.5 Å². The number of fused-ring (bicyclic) bond motifs is 1. The van der Waals surface area contributed by atoms with Crippen LogP contribution in [0.1, 0.15) is 37.4 Å². The summed E-state index contributed by atoms with van der Waals surface area (Å²) >= 11 is 0. The number of nitrogens with one attached hydrogen (secondary N) is 2. The second kappa shape index (κ2) is 6.90. The molecule has 142 valence electrons. The maximum atomic E-state index is 5.49. The molecular formula is C18H23N7O2. The van der Waals surface area contributed by atoms with Gasteiger partial charge in [0.05, 0.1) is 31.6 Å². The predicted octanol–water partition coefficient (Wildman–Crippen LogP) is 2.39. The van der Waals surface area contributed by atoms with Crippen LogP contribution in [-0.2, 0) is 9.47 Å². The zero-order chi connectivity index (χ0) is 18.2. The molecule has 2 fully saturated rings. The van der Waals surface area contributed by atoms with Gasteiger partial charge >= 0.3 is 0 Å². The third-order valence-electron chi connectivity index (χ3n) is 5.57. The molecule has 9 heteroatoms. The van der Waals surface area contributed by atoms with Gasteiger partial charge in [0.15, 0.2) is 17.3 Å². The highest BCUT2D eigenvalue weighted by molar-refractivity contribution is 5.72. The Bertz CT molecular complexity index is 927. The molecule has 2 aliphatic rings. The lowest BCUT2D eigenvalue weighted by Gasteiger charge is -2.28. The molecule has 2 N–H and O–H groups in total. The number of hydrogen-bond donors (Lipinski definition) is 2. The number of nitrogens with zero attached hydrogens (tertiary/aromatic N) is 5. The van der Waals surface area contributed by atoms with Crippen LogP contribution in [-0.4, -0.2) is 56.4 Å². The fraction of sp³-hybridized carbons (Fsp3) is 0.556. The Hall–Kier alpha value is -2.52. The van der Waals surface area contributed by atoms with Crippen molar-refractivity contribution in [2.75, 3.05) is 31.7 Å². The van der Waals surface area contributed by atoms with Crippen molar-refractivity contribution in [2.45, 2.75) is 31.7 Å². The second-order valence-corrected chi connectivity index (χ2v) is 7.31. The number of hydrogen-bond acceptors (Lipinski definition) is 7. The van der Waals surface area contributed by atoms with Gasteiger partial charge in [-0.15, -0.1) is 0 Å². The molecule has 0 unspecified atom stereocenters. The van der Waals surface area contributed by atoms with Gasteiger partial charge < -0.3 is 14.8 Å². The molecule has 1 atom stereocenters. The van der Waals surface area contributed by atoms with Crippen LogP contribution in [0, 0.1) is 5.92 Å². The normalized spacial score (nSPS) is 19.9. The summed E-state index contributed by atoms with van der Waals surface area (Å²) in [5, 5.41) is 15.2. The summed E-state index contributed by atoms with van der Waals surface area (Å²) < 4.78 is 12.7. The van der Waals surface area contributed by atoms with Crippen molar-refractivity contribution < 1.29 is 9.47 Å². The van der Waals surface area contributed by atoms with Gasteiger partial charge in [-0.05, 0) is 25.7 Å². The Kier molecular flexibility index (Phi) is 4.25. The van der Waals surface area contributed by atoms with Gasteiger partial charge in [-0.3, -0.25) is 5.10 Å². The van der Waals surface area contributed by atoms with E-state index in [1.54, 1.807) is 12.4 Å². The number of aromatic nitrogens is 6. The molecule has 2 saturated heterocycles. The smallest absolute Gasteiger partial charge is 0.179 e. The maximum Gasteiger partial charge on any atom is 0.179 e. The molecule has 0 aromatic carbocycles. The summed E-state index contributed by atoms with van der Waals surface area (Å²) in [6.07, 6.45) is 5.60. The largest absolute Gasteiger partial charge is 0.381 e. The van der Waals surface area contributed by atoms with Gasteiger partial charge in [0.1, 0.15) is 5.52 Å². The fourth-order valence-corrected chi connectivity index (χ4v) is 3.73. The van der Waals surface area contributed by atoms with E-state index in [1.807, 2.05) is 10.7 Å². The van der Waals surface area contributed by atoms with Crippen LogP contribution >= 0.6 is 0 Å². The molecule has 0 aliphatic carbocycles. The summed E-state index contributed by atoms with van der Waals surface area (Å²) in [6.45, 7) is 5.33. The molecule has 3 aromatic rings. The standard InChI is InChI=1S/C18H23N7O2/c1-11(12-2-4-26-5-3-12)25-18-15(7-20-25)19-8-17(22-18)21-16-6-14(23-24-16)13-9-27-10-13/h6-8,11-13H,2-5,9-10H2,1H3,(H2,21,22,23,24)/t11-/m0/s1. The van der Waals surface area contributed by atoms with Crippen LogP contribution < -0.4 is 5.32 Å². The molecule has 0 saturated carbocycles. The SMILES string of the molecule is C[C@@H](C1CCOCC1)n1ncc2ncc(Nc3cc(C4COC4)[nH]n3)nc21. The van der Waals surface area contributed by atoms with Crippen LogP contribution in [0.3, 0.4) is 0 Å². The van der Waals surface area contributed by atoms with Gasteiger partial charge in [-0.2, -0.15) is 10.2 Å². The molecule has 27 heavy (non-hydrogen) atoms. The number of rotatable bonds is 5. The van der Waals surface area contributed by atoms with E-state index in [1.165, 1.54) is 0 Å². The first-order chi connectivity index (χ1) is 13.3. The van der Waals surface area contributed by atoms with E-state index in [-0.39, 0.29) is 6.04 Å². The van der Waals surface area contributed by atoms with Crippen molar-refractivity contribution in [3.05, 3.63) is 24.2 Å². The minimum atomic E-state index is 0.256. The molecule has 0 radical (unpaired) electrons. The summed E-state index contributed by atoms with van der Waals surface area (Å²) in [4.78, 5) is 9.26. The van der Waals surface area contributed by atoms with Crippen molar-refractivity contribution in [1.82, 2.24) is 29.9 Å². The molecule has 5 heterocycles. The average Bonchev–Trinajstić information content (AvgIpc) is 3.27. The lowest BCUT2D eigenvalue weighted by molar-refractivity contribution is 0.00670. The van der Waals surface area contributed by atoms with Crippen LogP contribution in [0.4, 0.5) is 11.6 Å². The summed E-state index contributed by atoms with van der Waals surface area (Å²) in [5.41, 5.74) is 2.67. The first kappa shape index (κ1) is 16.6. The number of H-pyrrole nitrogens is 1. The van der Waals surface area contributed by atoms with Gasteiger partial charge in [0, 0.05) is 30.9 Å². The minimum Gasteiger partial charge on any atom is -0.381 e. The third kappa shape index (κ3) is 3.17. The van der Waals surface area contributed by atoms with Gasteiger partial charge in [-0.1, -0.05) is 0 Å². The number of anilines is 2. The van der Waals surface area contributed by atoms with E-state index < -0.39 is 0 Å². The first-order valence-electron chi connectivity index (χ1n) is 9.46. The molecular weight excluding hydrogens is 346 g/mol. The van der Waals surface area contributed by atoms with Gasteiger partial charge in [0.2, 0.25) is 0 Å². The summed E-state index contributed by atoms with van der Waals surface area (Å²) in [7, 11) is 0. The van der Waals surface area contributed by atoms with E-state index in [0.29, 0.717) is 17.7 Å². The average molecular weight is 369 g/mol. The first-order valence-corrected chi connectivity index (χ1v) is 9.46. The second-order valence-electron chi connectivity index (χ2n) is 7.31. The Morgan fingerprint density at radius 1 is 1.19 bits per heavy atom. The Morgan fingerprint density at radius 2 is 2.04 bits per heavy atom. The molecule has 2 aliphatic heterocycles. The lowest BCUT2D eigenvalue weighted by atomic mass is 9.93.